The van der Waals surface area contributed by atoms with Crippen LogP contribution in [0.4, 0.5) is 4.39 Å². The van der Waals surface area contributed by atoms with Gasteiger partial charge in [0.05, 0.1) is 0 Å². The van der Waals surface area contributed by atoms with E-state index in [1.165, 1.54) is 36.4 Å². The highest BCUT2D eigenvalue weighted by molar-refractivity contribution is 5.97. The van der Waals surface area contributed by atoms with Crippen molar-refractivity contribution in [3.8, 4) is 0 Å². The van der Waals surface area contributed by atoms with E-state index in [9.17, 15) is 14.0 Å². The zero-order valence-electron chi connectivity index (χ0n) is 10.6. The number of hydrogen-bond donors (Lipinski definition) is 2. The summed E-state index contributed by atoms with van der Waals surface area (Å²) in [7, 11) is 0. The zero-order valence-corrected chi connectivity index (χ0v) is 10.6. The fraction of sp³-hybridized carbons (Fsp3) is 0.0667. The van der Waals surface area contributed by atoms with Crippen molar-refractivity contribution in [2.45, 2.75) is 6.54 Å². The molecule has 0 bridgehead atoms. The first-order chi connectivity index (χ1) is 9.56. The van der Waals surface area contributed by atoms with Gasteiger partial charge in [0.25, 0.3) is 5.91 Å². The Morgan fingerprint density at radius 2 is 1.70 bits per heavy atom. The van der Waals surface area contributed by atoms with Gasteiger partial charge in [-0.05, 0) is 42.0 Å². The van der Waals surface area contributed by atoms with Crippen LogP contribution in [0, 0.1) is 5.82 Å². The molecule has 20 heavy (non-hydrogen) atoms. The monoisotopic (exact) mass is 272 g/mol. The minimum absolute atomic E-state index is 0.230. The van der Waals surface area contributed by atoms with Gasteiger partial charge in [-0.3, -0.25) is 9.59 Å². The van der Waals surface area contributed by atoms with E-state index in [1.54, 1.807) is 12.1 Å². The van der Waals surface area contributed by atoms with E-state index < -0.39 is 5.91 Å². The van der Waals surface area contributed by atoms with Gasteiger partial charge < -0.3 is 11.1 Å². The molecular weight excluding hydrogens is 259 g/mol. The summed E-state index contributed by atoms with van der Waals surface area (Å²) in [5.74, 6) is -1.19. The lowest BCUT2D eigenvalue weighted by Gasteiger charge is -2.06. The fourth-order valence-electron chi connectivity index (χ4n) is 1.72. The van der Waals surface area contributed by atoms with Crippen molar-refractivity contribution in [3.05, 3.63) is 71.0 Å². The average Bonchev–Trinajstić information content (AvgIpc) is 2.45. The number of carbonyl (C=O) groups is 2. The Hall–Kier alpha value is -2.69. The number of primary amides is 1. The maximum atomic E-state index is 13.0. The predicted octanol–water partition coefficient (Wildman–Crippen LogP) is 1.85. The summed E-state index contributed by atoms with van der Waals surface area (Å²) in [6, 6.07) is 12.0. The standard InChI is InChI=1S/C15H13FN2O2/c16-13-3-1-2-10(8-13)9-18-15(20)12-6-4-11(5-7-12)14(17)19/h1-8H,9H2,(H2,17,19)(H,18,20). The van der Waals surface area contributed by atoms with Gasteiger partial charge in [-0.2, -0.15) is 0 Å². The molecule has 0 radical (unpaired) electrons. The topological polar surface area (TPSA) is 72.2 Å². The van der Waals surface area contributed by atoms with Crippen LogP contribution < -0.4 is 11.1 Å². The molecule has 4 nitrogen and oxygen atoms in total. The van der Waals surface area contributed by atoms with E-state index in [1.807, 2.05) is 0 Å². The molecule has 102 valence electrons. The van der Waals surface area contributed by atoms with Crippen LogP contribution >= 0.6 is 0 Å². The van der Waals surface area contributed by atoms with Gasteiger partial charge in [-0.15, -0.1) is 0 Å². The number of rotatable bonds is 4. The second-order valence-corrected chi connectivity index (χ2v) is 4.25. The van der Waals surface area contributed by atoms with E-state index in [2.05, 4.69) is 5.32 Å². The second-order valence-electron chi connectivity index (χ2n) is 4.25. The van der Waals surface area contributed by atoms with Crippen LogP contribution in [0.3, 0.4) is 0 Å². The van der Waals surface area contributed by atoms with Gasteiger partial charge in [0.1, 0.15) is 5.82 Å². The van der Waals surface area contributed by atoms with Gasteiger partial charge in [-0.25, -0.2) is 4.39 Å². The van der Waals surface area contributed by atoms with Crippen LogP contribution in [-0.2, 0) is 6.54 Å². The molecule has 0 spiro atoms. The third-order valence-corrected chi connectivity index (χ3v) is 2.77. The molecule has 0 aliphatic rings. The highest BCUT2D eigenvalue weighted by Gasteiger charge is 2.07. The maximum Gasteiger partial charge on any atom is 0.251 e. The first-order valence-corrected chi connectivity index (χ1v) is 5.99. The first kappa shape index (κ1) is 13.7. The molecule has 0 atom stereocenters. The summed E-state index contributed by atoms with van der Waals surface area (Å²) in [5, 5.41) is 2.67. The minimum atomic E-state index is -0.545. The molecule has 2 aromatic carbocycles. The largest absolute Gasteiger partial charge is 0.366 e. The first-order valence-electron chi connectivity index (χ1n) is 5.99. The zero-order chi connectivity index (χ0) is 14.5. The molecule has 0 saturated heterocycles. The number of amides is 2. The maximum absolute atomic E-state index is 13.0. The Morgan fingerprint density at radius 1 is 1.05 bits per heavy atom. The molecule has 2 aromatic rings. The number of carbonyl (C=O) groups excluding carboxylic acids is 2. The molecule has 0 aliphatic carbocycles. The van der Waals surface area contributed by atoms with Crippen molar-refractivity contribution in [2.24, 2.45) is 5.73 Å². The van der Waals surface area contributed by atoms with Crippen LogP contribution in [0.25, 0.3) is 0 Å². The number of hydrogen-bond acceptors (Lipinski definition) is 2. The SMILES string of the molecule is NC(=O)c1ccc(C(=O)NCc2cccc(F)c2)cc1. The number of halogens is 1. The minimum Gasteiger partial charge on any atom is -0.366 e. The van der Waals surface area contributed by atoms with Crippen LogP contribution in [0.2, 0.25) is 0 Å². The van der Waals surface area contributed by atoms with Gasteiger partial charge in [0.15, 0.2) is 0 Å². The normalized spacial score (nSPS) is 10.1. The van der Waals surface area contributed by atoms with Crippen LogP contribution in [0.5, 0.6) is 0 Å². The van der Waals surface area contributed by atoms with Crippen LogP contribution in [0.15, 0.2) is 48.5 Å². The summed E-state index contributed by atoms with van der Waals surface area (Å²) in [4.78, 5) is 22.8. The van der Waals surface area contributed by atoms with E-state index in [0.29, 0.717) is 16.7 Å². The van der Waals surface area contributed by atoms with Gasteiger partial charge in [0.2, 0.25) is 5.91 Å². The Balaban J connectivity index is 1.99. The van der Waals surface area contributed by atoms with Gasteiger partial charge >= 0.3 is 0 Å². The quantitative estimate of drug-likeness (QED) is 0.891. The third-order valence-electron chi connectivity index (χ3n) is 2.77. The van der Waals surface area contributed by atoms with Crippen LogP contribution in [0.1, 0.15) is 26.3 Å². The molecule has 0 heterocycles. The number of nitrogens with two attached hydrogens (primary N) is 1. The summed E-state index contributed by atoms with van der Waals surface area (Å²) < 4.78 is 13.0. The highest BCUT2D eigenvalue weighted by Crippen LogP contribution is 2.06. The Morgan fingerprint density at radius 3 is 2.30 bits per heavy atom. The fourth-order valence-corrected chi connectivity index (χ4v) is 1.72. The summed E-state index contributed by atoms with van der Waals surface area (Å²) in [6.07, 6.45) is 0. The predicted molar refractivity (Wildman–Crippen MR) is 72.5 cm³/mol. The molecule has 0 unspecified atom stereocenters. The smallest absolute Gasteiger partial charge is 0.251 e. The average molecular weight is 272 g/mol. The van der Waals surface area contributed by atoms with E-state index in [0.717, 1.165) is 0 Å². The van der Waals surface area contributed by atoms with Crippen molar-refractivity contribution in [1.29, 1.82) is 0 Å². The van der Waals surface area contributed by atoms with Crippen LogP contribution in [-0.4, -0.2) is 11.8 Å². The lowest BCUT2D eigenvalue weighted by Crippen LogP contribution is -2.23. The Labute approximate surface area is 115 Å². The Kier molecular flexibility index (Phi) is 4.10. The molecule has 2 amide bonds. The molecular formula is C15H13FN2O2. The Bertz CT molecular complexity index is 639. The van der Waals surface area contributed by atoms with E-state index in [-0.39, 0.29) is 18.3 Å². The summed E-state index contributed by atoms with van der Waals surface area (Å²) in [6.45, 7) is 0.230. The third kappa shape index (κ3) is 3.41. The van der Waals surface area contributed by atoms with E-state index >= 15 is 0 Å². The lowest BCUT2D eigenvalue weighted by molar-refractivity contribution is 0.0948. The van der Waals surface area contributed by atoms with Gasteiger partial charge in [-0.1, -0.05) is 12.1 Å². The van der Waals surface area contributed by atoms with Crippen molar-refractivity contribution in [3.63, 3.8) is 0 Å². The molecule has 5 heteroatoms. The number of benzene rings is 2. The summed E-state index contributed by atoms with van der Waals surface area (Å²) in [5.41, 5.74) is 6.54. The molecule has 3 N–H and O–H groups in total. The van der Waals surface area contributed by atoms with Crippen molar-refractivity contribution in [2.75, 3.05) is 0 Å². The van der Waals surface area contributed by atoms with Crippen molar-refractivity contribution < 1.29 is 14.0 Å². The molecule has 0 aliphatic heterocycles. The van der Waals surface area contributed by atoms with Crippen molar-refractivity contribution >= 4 is 11.8 Å². The lowest BCUT2D eigenvalue weighted by atomic mass is 10.1. The number of nitrogens with one attached hydrogen (secondary N) is 1. The molecule has 0 aromatic heterocycles. The molecule has 2 rings (SSSR count). The molecule has 0 fully saturated rings. The summed E-state index contributed by atoms with van der Waals surface area (Å²) >= 11 is 0. The highest BCUT2D eigenvalue weighted by atomic mass is 19.1. The van der Waals surface area contributed by atoms with E-state index in [4.69, 9.17) is 5.73 Å². The van der Waals surface area contributed by atoms with Crippen molar-refractivity contribution in [1.82, 2.24) is 5.32 Å². The molecule has 0 saturated carbocycles. The second kappa shape index (κ2) is 5.97. The van der Waals surface area contributed by atoms with Gasteiger partial charge in [0, 0.05) is 17.7 Å².